The second-order valence-corrected chi connectivity index (χ2v) is 39.7. The molecule has 0 aliphatic carbocycles. The summed E-state index contributed by atoms with van der Waals surface area (Å²) in [6, 6.07) is 26.4. The van der Waals surface area contributed by atoms with Crippen molar-refractivity contribution in [3.63, 3.8) is 0 Å². The van der Waals surface area contributed by atoms with Crippen LogP contribution in [0.4, 0.5) is 0 Å². The van der Waals surface area contributed by atoms with E-state index in [4.69, 9.17) is 29.9 Å². The van der Waals surface area contributed by atoms with Gasteiger partial charge in [0.1, 0.15) is 22.6 Å². The first-order valence-corrected chi connectivity index (χ1v) is 33.7. The van der Waals surface area contributed by atoms with E-state index in [2.05, 4.69) is 161 Å². The van der Waals surface area contributed by atoms with Crippen LogP contribution in [0.25, 0.3) is 89.7 Å². The van der Waals surface area contributed by atoms with Gasteiger partial charge >= 0.3 is 0 Å². The fourth-order valence-corrected chi connectivity index (χ4v) is 14.9. The normalized spacial score (nSPS) is 13.4. The molecule has 9 rings (SSSR count). The minimum atomic E-state index is -1.86. The number of aromatic amines is 2. The van der Waals surface area contributed by atoms with Crippen LogP contribution in [0.15, 0.2) is 72.8 Å². The summed E-state index contributed by atoms with van der Waals surface area (Å²) in [5.74, 6) is 2.69. The Balaban J connectivity index is 1.55. The minimum absolute atomic E-state index is 0.654. The van der Waals surface area contributed by atoms with E-state index in [1.807, 2.05) is 0 Å². The Hall–Kier alpha value is -4.89. The van der Waals surface area contributed by atoms with E-state index in [0.29, 0.717) is 23.3 Å². The van der Waals surface area contributed by atoms with Gasteiger partial charge in [-0.3, -0.25) is 0 Å². The van der Waals surface area contributed by atoms with Crippen molar-refractivity contribution >= 4 is 97.2 Å². The molecule has 0 radical (unpaired) electrons. The number of aromatic nitrogens is 8. The monoisotopic (exact) mass is 802 g/mol. The third-order valence-electron chi connectivity index (χ3n) is 11.2. The molecule has 0 saturated heterocycles. The van der Waals surface area contributed by atoms with Crippen LogP contribution >= 0.6 is 0 Å². The molecule has 2 aliphatic rings. The van der Waals surface area contributed by atoms with E-state index in [1.165, 1.54) is 20.7 Å². The highest BCUT2D eigenvalue weighted by Gasteiger charge is 2.32. The van der Waals surface area contributed by atoms with Gasteiger partial charge in [-0.05, 0) is 20.7 Å². The first-order valence-electron chi connectivity index (χ1n) is 19.7. The first kappa shape index (κ1) is 36.7. The molecule has 8 bridgehead atoms. The molecule has 2 N–H and O–H groups in total. The SMILES string of the molecule is C[Si](C)(C)c1cccc2c1-c1nc-2nc2[nH]c(nc3nc(nc4[nH]c(n1)c1cccc([Si](C)(C)C)c41)-c1c-3cccc1[Si](C)(C)C)c1c([Si](C)(C)C)cccc21. The Morgan fingerprint density at radius 2 is 0.661 bits per heavy atom. The molecule has 8 nitrogen and oxygen atoms in total. The molecular weight excluding hydrogens is 753 g/mol. The summed E-state index contributed by atoms with van der Waals surface area (Å²) in [5.41, 5.74) is 7.22. The average Bonchev–Trinajstić information content (AvgIpc) is 3.85. The number of benzene rings is 4. The molecule has 0 atom stereocenters. The average molecular weight is 803 g/mol. The summed E-state index contributed by atoms with van der Waals surface area (Å²) in [5, 5.41) is 9.58. The van der Waals surface area contributed by atoms with E-state index in [9.17, 15) is 0 Å². The van der Waals surface area contributed by atoms with E-state index < -0.39 is 32.3 Å². The summed E-state index contributed by atoms with van der Waals surface area (Å²) < 4.78 is 0. The summed E-state index contributed by atoms with van der Waals surface area (Å²) in [6.07, 6.45) is 0. The fraction of sp³-hybridized carbons (Fsp3) is 0.273. The molecule has 5 heterocycles. The molecule has 3 aromatic heterocycles. The lowest BCUT2D eigenvalue weighted by atomic mass is 10.1. The van der Waals surface area contributed by atoms with Gasteiger partial charge in [-0.25, -0.2) is 29.9 Å². The summed E-state index contributed by atoms with van der Waals surface area (Å²) >= 11 is 0. The second kappa shape index (κ2) is 12.3. The highest BCUT2D eigenvalue weighted by atomic mass is 28.3. The molecule has 0 spiro atoms. The van der Waals surface area contributed by atoms with Gasteiger partial charge in [0.2, 0.25) is 0 Å². The van der Waals surface area contributed by atoms with Crippen molar-refractivity contribution in [2.24, 2.45) is 0 Å². The van der Waals surface area contributed by atoms with Crippen molar-refractivity contribution in [2.45, 2.75) is 78.6 Å². The number of nitrogens with one attached hydrogen (secondary N) is 2. The van der Waals surface area contributed by atoms with Gasteiger partial charge in [0, 0.05) is 43.8 Å². The number of rotatable bonds is 4. The molecule has 0 unspecified atom stereocenters. The predicted molar refractivity (Wildman–Crippen MR) is 248 cm³/mol. The Morgan fingerprint density at radius 1 is 0.339 bits per heavy atom. The summed E-state index contributed by atoms with van der Waals surface area (Å²) in [7, 11) is -7.40. The predicted octanol–water partition coefficient (Wildman–Crippen LogP) is 9.05. The van der Waals surface area contributed by atoms with Crippen molar-refractivity contribution in [1.29, 1.82) is 0 Å². The van der Waals surface area contributed by atoms with Gasteiger partial charge in [0.25, 0.3) is 0 Å². The van der Waals surface area contributed by atoms with Crippen molar-refractivity contribution < 1.29 is 0 Å². The van der Waals surface area contributed by atoms with Crippen LogP contribution < -0.4 is 20.7 Å². The zero-order valence-electron chi connectivity index (χ0n) is 34.6. The summed E-state index contributed by atoms with van der Waals surface area (Å²) in [6.45, 7) is 28.7. The molecule has 0 saturated carbocycles. The van der Waals surface area contributed by atoms with Gasteiger partial charge in [0.15, 0.2) is 23.3 Å². The number of hydrogen-bond donors (Lipinski definition) is 2. The third kappa shape index (κ3) is 5.87. The zero-order chi connectivity index (χ0) is 39.7. The van der Waals surface area contributed by atoms with Crippen LogP contribution in [0.1, 0.15) is 0 Å². The number of H-pyrrole nitrogens is 2. The van der Waals surface area contributed by atoms with E-state index in [0.717, 1.165) is 66.4 Å². The Labute approximate surface area is 332 Å². The molecule has 2 aliphatic heterocycles. The minimum Gasteiger partial charge on any atom is -0.324 e. The fourth-order valence-electron chi connectivity index (χ4n) is 8.49. The lowest BCUT2D eigenvalue weighted by Gasteiger charge is -2.20. The topological polar surface area (TPSA) is 109 Å². The second-order valence-electron chi connectivity index (χ2n) is 19.5. The van der Waals surface area contributed by atoms with E-state index >= 15 is 0 Å². The van der Waals surface area contributed by atoms with Crippen LogP contribution in [0.2, 0.25) is 78.6 Å². The lowest BCUT2D eigenvalue weighted by Crippen LogP contribution is -2.39. The van der Waals surface area contributed by atoms with Crippen molar-refractivity contribution in [3.8, 4) is 45.6 Å². The maximum absolute atomic E-state index is 5.54. The highest BCUT2D eigenvalue weighted by molar-refractivity contribution is 6.92. The lowest BCUT2D eigenvalue weighted by molar-refractivity contribution is 1.19. The third-order valence-corrected chi connectivity index (χ3v) is 19.3. The highest BCUT2D eigenvalue weighted by Crippen LogP contribution is 2.37. The molecular formula is C44H50N8Si4. The van der Waals surface area contributed by atoms with Crippen LogP contribution in [0.5, 0.6) is 0 Å². The van der Waals surface area contributed by atoms with Crippen LogP contribution in [-0.4, -0.2) is 72.2 Å². The quantitative estimate of drug-likeness (QED) is 0.172. The van der Waals surface area contributed by atoms with Crippen LogP contribution in [0.3, 0.4) is 0 Å². The maximum atomic E-state index is 5.54. The zero-order valence-corrected chi connectivity index (χ0v) is 38.6. The molecule has 0 fully saturated rings. The Bertz CT molecular complexity index is 2970. The number of fused-ring (bicyclic) bond motifs is 20. The van der Waals surface area contributed by atoms with Gasteiger partial charge in [-0.1, -0.05) is 151 Å². The van der Waals surface area contributed by atoms with E-state index in [-0.39, 0.29) is 0 Å². The Morgan fingerprint density at radius 3 is 1.05 bits per heavy atom. The summed E-state index contributed by atoms with van der Waals surface area (Å²) in [4.78, 5) is 40.0. The first-order chi connectivity index (χ1) is 26.3. The maximum Gasteiger partial charge on any atom is 0.164 e. The smallest absolute Gasteiger partial charge is 0.164 e. The van der Waals surface area contributed by atoms with Gasteiger partial charge in [-0.2, -0.15) is 0 Å². The van der Waals surface area contributed by atoms with Crippen LogP contribution in [0, 0.1) is 0 Å². The number of hydrogen-bond acceptors (Lipinski definition) is 6. The molecule has 7 aromatic rings. The van der Waals surface area contributed by atoms with Crippen molar-refractivity contribution in [1.82, 2.24) is 39.9 Å². The molecule has 56 heavy (non-hydrogen) atoms. The number of nitrogens with zero attached hydrogens (tertiary/aromatic N) is 6. The largest absolute Gasteiger partial charge is 0.324 e. The van der Waals surface area contributed by atoms with Crippen molar-refractivity contribution in [2.75, 3.05) is 0 Å². The van der Waals surface area contributed by atoms with Crippen LogP contribution in [-0.2, 0) is 0 Å². The van der Waals surface area contributed by atoms with E-state index in [1.54, 1.807) is 0 Å². The standard InChI is InChI=1S/C44H50N8Si4/c1-53(2,3)29-21-13-17-25-33(29)41-46-37(25)45-38-26-18-14-22-30(54(4,5)6)34(26)42(47-38)49-40-28-20-16-24-32(56(10,11)12)36(28)44(51-40)52-43-35-27(39(48-41)50-43)19-15-23-31(35)55(7,8)9/h13-24H,1-12H3,(H2,45,46,47,48,49,50,51,52). The molecule has 12 heteroatoms. The van der Waals surface area contributed by atoms with Gasteiger partial charge in [-0.15, -0.1) is 0 Å². The van der Waals surface area contributed by atoms with Crippen molar-refractivity contribution in [3.05, 3.63) is 72.8 Å². The van der Waals surface area contributed by atoms with Gasteiger partial charge in [0.05, 0.1) is 32.3 Å². The van der Waals surface area contributed by atoms with Gasteiger partial charge < -0.3 is 9.97 Å². The molecule has 4 aromatic carbocycles. The Kier molecular flexibility index (Phi) is 8.07. The molecule has 0 amide bonds. The molecule has 282 valence electrons.